The number of fused-ring (bicyclic) bond motifs is 2. The fraction of sp³-hybridized carbons (Fsp3) is 0.286. The van der Waals surface area contributed by atoms with Crippen LogP contribution in [0, 0.1) is 5.82 Å². The molecule has 5 rings (SSSR count). The molecule has 0 spiro atoms. The summed E-state index contributed by atoms with van der Waals surface area (Å²) in [5.41, 5.74) is 4.75. The Bertz CT molecular complexity index is 1120. The molecule has 0 radical (unpaired) electrons. The molecule has 1 atom stereocenters. The zero-order chi connectivity index (χ0) is 22.6. The van der Waals surface area contributed by atoms with Crippen LogP contribution >= 0.6 is 11.8 Å². The van der Waals surface area contributed by atoms with Gasteiger partial charge in [-0.25, -0.2) is 4.39 Å². The monoisotopic (exact) mass is 460 g/mol. The molecule has 0 N–H and O–H groups in total. The van der Waals surface area contributed by atoms with Crippen LogP contribution < -0.4 is 4.74 Å². The molecule has 0 aliphatic carbocycles. The van der Waals surface area contributed by atoms with Crippen molar-refractivity contribution < 1.29 is 9.13 Å². The van der Waals surface area contributed by atoms with Crippen LogP contribution in [0.3, 0.4) is 0 Å². The fourth-order valence-electron chi connectivity index (χ4n) is 4.76. The number of halogens is 1. The highest BCUT2D eigenvalue weighted by Gasteiger charge is 2.31. The highest BCUT2D eigenvalue weighted by Crippen LogP contribution is 2.40. The van der Waals surface area contributed by atoms with Gasteiger partial charge in [-0.05, 0) is 41.1 Å². The van der Waals surface area contributed by atoms with Crippen LogP contribution in [-0.2, 0) is 6.61 Å². The summed E-state index contributed by atoms with van der Waals surface area (Å²) >= 11 is 1.77. The van der Waals surface area contributed by atoms with Crippen LogP contribution in [0.5, 0.6) is 5.75 Å². The Hall–Kier alpha value is -2.60. The van der Waals surface area contributed by atoms with E-state index in [-0.39, 0.29) is 11.9 Å². The molecule has 170 valence electrons. The molecule has 2 aliphatic rings. The summed E-state index contributed by atoms with van der Waals surface area (Å²) in [4.78, 5) is 6.30. The van der Waals surface area contributed by atoms with Crippen molar-refractivity contribution >= 4 is 17.8 Å². The number of nitrogens with zero attached hydrogens (tertiary/aromatic N) is 2. The van der Waals surface area contributed by atoms with E-state index in [0.717, 1.165) is 38.3 Å². The SMILES string of the molecule is CSc1ccc(/C=C/CN2CCN(C3c4ccccc4COc4cc(F)ccc43)CC2)cc1. The highest BCUT2D eigenvalue weighted by atomic mass is 32.2. The number of hydrogen-bond donors (Lipinski definition) is 0. The van der Waals surface area contributed by atoms with Gasteiger partial charge >= 0.3 is 0 Å². The van der Waals surface area contributed by atoms with Crippen molar-refractivity contribution in [2.24, 2.45) is 0 Å². The first-order valence-electron chi connectivity index (χ1n) is 11.5. The van der Waals surface area contributed by atoms with Crippen LogP contribution in [0.4, 0.5) is 4.39 Å². The first kappa shape index (κ1) is 22.2. The molecule has 5 heteroatoms. The van der Waals surface area contributed by atoms with E-state index in [1.54, 1.807) is 17.8 Å². The molecule has 3 aromatic rings. The Morgan fingerprint density at radius 3 is 2.55 bits per heavy atom. The molecule has 0 amide bonds. The van der Waals surface area contributed by atoms with E-state index in [4.69, 9.17) is 4.74 Å². The van der Waals surface area contributed by atoms with Gasteiger partial charge in [0.15, 0.2) is 0 Å². The number of thioether (sulfide) groups is 1. The van der Waals surface area contributed by atoms with E-state index >= 15 is 0 Å². The summed E-state index contributed by atoms with van der Waals surface area (Å²) in [6, 6.07) is 22.2. The highest BCUT2D eigenvalue weighted by molar-refractivity contribution is 7.98. The largest absolute Gasteiger partial charge is 0.488 e. The van der Waals surface area contributed by atoms with Crippen LogP contribution in [0.1, 0.15) is 28.3 Å². The molecule has 2 heterocycles. The van der Waals surface area contributed by atoms with Gasteiger partial charge < -0.3 is 4.74 Å². The number of rotatable bonds is 5. The van der Waals surface area contributed by atoms with Gasteiger partial charge in [-0.2, -0.15) is 0 Å². The van der Waals surface area contributed by atoms with Gasteiger partial charge in [0.25, 0.3) is 0 Å². The molecular weight excluding hydrogens is 431 g/mol. The minimum atomic E-state index is -0.252. The van der Waals surface area contributed by atoms with E-state index in [2.05, 4.69) is 76.7 Å². The van der Waals surface area contributed by atoms with Crippen molar-refractivity contribution in [3.05, 3.63) is 101 Å². The van der Waals surface area contributed by atoms with Gasteiger partial charge in [0.05, 0.1) is 6.04 Å². The van der Waals surface area contributed by atoms with Crippen molar-refractivity contribution in [1.82, 2.24) is 9.80 Å². The third-order valence-corrected chi connectivity index (χ3v) is 7.31. The van der Waals surface area contributed by atoms with Crippen LogP contribution in [-0.4, -0.2) is 48.8 Å². The summed E-state index contributed by atoms with van der Waals surface area (Å²) in [6.07, 6.45) is 6.57. The van der Waals surface area contributed by atoms with Crippen molar-refractivity contribution in [2.75, 3.05) is 39.0 Å². The van der Waals surface area contributed by atoms with Crippen LogP contribution in [0.2, 0.25) is 0 Å². The maximum atomic E-state index is 13.9. The molecule has 1 saturated heterocycles. The van der Waals surface area contributed by atoms with Crippen molar-refractivity contribution in [3.63, 3.8) is 0 Å². The molecule has 3 nitrogen and oxygen atoms in total. The zero-order valence-electron chi connectivity index (χ0n) is 18.9. The predicted molar refractivity (Wildman–Crippen MR) is 134 cm³/mol. The number of benzene rings is 3. The second-order valence-corrected chi connectivity index (χ2v) is 9.46. The lowest BCUT2D eigenvalue weighted by molar-refractivity contribution is 0.117. The molecule has 0 saturated carbocycles. The molecule has 1 fully saturated rings. The van der Waals surface area contributed by atoms with Crippen LogP contribution in [0.15, 0.2) is 77.7 Å². The molecule has 2 aliphatic heterocycles. The second-order valence-electron chi connectivity index (χ2n) is 8.58. The average Bonchev–Trinajstić information content (AvgIpc) is 3.01. The summed E-state index contributed by atoms with van der Waals surface area (Å²) in [5.74, 6) is 0.409. The average molecular weight is 461 g/mol. The zero-order valence-corrected chi connectivity index (χ0v) is 19.7. The van der Waals surface area contributed by atoms with Crippen molar-refractivity contribution in [1.29, 1.82) is 0 Å². The summed E-state index contributed by atoms with van der Waals surface area (Å²) < 4.78 is 20.0. The smallest absolute Gasteiger partial charge is 0.127 e. The Kier molecular flexibility index (Phi) is 6.81. The normalized spacial score (nSPS) is 19.0. The fourth-order valence-corrected chi connectivity index (χ4v) is 5.17. The molecular formula is C28H29FN2OS. The molecule has 1 unspecified atom stereocenters. The van der Waals surface area contributed by atoms with Gasteiger partial charge in [-0.15, -0.1) is 11.8 Å². The first-order valence-corrected chi connectivity index (χ1v) is 12.7. The number of piperazine rings is 1. The van der Waals surface area contributed by atoms with Crippen molar-refractivity contribution in [3.8, 4) is 5.75 Å². The van der Waals surface area contributed by atoms with Gasteiger partial charge in [0.2, 0.25) is 0 Å². The minimum Gasteiger partial charge on any atom is -0.488 e. The van der Waals surface area contributed by atoms with E-state index in [1.165, 1.54) is 27.7 Å². The Morgan fingerprint density at radius 2 is 1.76 bits per heavy atom. The van der Waals surface area contributed by atoms with E-state index < -0.39 is 0 Å². The van der Waals surface area contributed by atoms with Gasteiger partial charge in [-0.3, -0.25) is 9.80 Å². The van der Waals surface area contributed by atoms with Crippen molar-refractivity contribution in [2.45, 2.75) is 17.5 Å². The second kappa shape index (κ2) is 10.1. The third kappa shape index (κ3) is 5.01. The maximum Gasteiger partial charge on any atom is 0.127 e. The lowest BCUT2D eigenvalue weighted by Crippen LogP contribution is -2.47. The molecule has 0 aromatic heterocycles. The van der Waals surface area contributed by atoms with Gasteiger partial charge in [0.1, 0.15) is 18.2 Å². The molecule has 33 heavy (non-hydrogen) atoms. The number of ether oxygens (including phenoxy) is 1. The first-order chi connectivity index (χ1) is 16.2. The summed E-state index contributed by atoms with van der Waals surface area (Å²) in [5, 5.41) is 0. The van der Waals surface area contributed by atoms with Gasteiger partial charge in [-0.1, -0.05) is 54.6 Å². The minimum absolute atomic E-state index is 0.0898. The lowest BCUT2D eigenvalue weighted by Gasteiger charge is -2.39. The van der Waals surface area contributed by atoms with E-state index in [0.29, 0.717) is 12.4 Å². The molecule has 3 aromatic carbocycles. The summed E-state index contributed by atoms with van der Waals surface area (Å²) in [6.45, 7) is 5.37. The Balaban J connectivity index is 1.28. The molecule has 0 bridgehead atoms. The predicted octanol–water partition coefficient (Wildman–Crippen LogP) is 5.86. The van der Waals surface area contributed by atoms with Gasteiger partial charge in [0, 0.05) is 49.2 Å². The Labute approximate surface area is 199 Å². The topological polar surface area (TPSA) is 15.7 Å². The summed E-state index contributed by atoms with van der Waals surface area (Å²) in [7, 11) is 0. The maximum absolute atomic E-state index is 13.9. The van der Waals surface area contributed by atoms with Crippen LogP contribution in [0.25, 0.3) is 6.08 Å². The van der Waals surface area contributed by atoms with E-state index in [9.17, 15) is 4.39 Å². The number of hydrogen-bond acceptors (Lipinski definition) is 4. The third-order valence-electron chi connectivity index (χ3n) is 6.56. The lowest BCUT2D eigenvalue weighted by atomic mass is 9.93. The van der Waals surface area contributed by atoms with E-state index in [1.807, 2.05) is 6.07 Å². The Morgan fingerprint density at radius 1 is 0.970 bits per heavy atom. The quantitative estimate of drug-likeness (QED) is 0.443. The standard InChI is InChI=1S/C28H29FN2OS/c1-33-24-11-8-21(9-12-24)5-4-14-30-15-17-31(18-16-30)28-25-7-3-2-6-22(25)20-32-27-19-23(29)10-13-26(27)28/h2-13,19,28H,14-18,20H2,1H3/b5-4+.